The molecule has 54 valence electrons. The summed E-state index contributed by atoms with van der Waals surface area (Å²) in [7, 11) is 0. The van der Waals surface area contributed by atoms with Crippen LogP contribution in [0.1, 0.15) is 26.2 Å². The van der Waals surface area contributed by atoms with Gasteiger partial charge in [0.1, 0.15) is 0 Å². The van der Waals surface area contributed by atoms with Crippen molar-refractivity contribution in [3.63, 3.8) is 0 Å². The summed E-state index contributed by atoms with van der Waals surface area (Å²) in [6.45, 7) is 2.36. The Labute approximate surface area is 55.6 Å². The summed E-state index contributed by atoms with van der Waals surface area (Å²) in [6, 6.07) is -0.0116. The number of nitroso groups, excluding NO2 is 1. The van der Waals surface area contributed by atoms with Crippen molar-refractivity contribution in [2.45, 2.75) is 32.2 Å². The van der Waals surface area contributed by atoms with E-state index in [2.05, 4.69) is 12.1 Å². The van der Waals surface area contributed by atoms with Crippen molar-refractivity contribution in [3.8, 4) is 0 Å². The Balaban J connectivity index is 3.04. The summed E-state index contributed by atoms with van der Waals surface area (Å²) in [6.07, 6.45) is 3.14. The molecule has 9 heavy (non-hydrogen) atoms. The monoisotopic (exact) mass is 130 g/mol. The molecule has 0 aromatic rings. The fourth-order valence-corrected chi connectivity index (χ4v) is 0.653. The number of rotatable bonds is 5. The summed E-state index contributed by atoms with van der Waals surface area (Å²) < 4.78 is 0. The van der Waals surface area contributed by atoms with E-state index in [1.807, 2.05) is 0 Å². The molecule has 0 saturated carbocycles. The van der Waals surface area contributed by atoms with E-state index >= 15 is 0 Å². The molecule has 0 aliphatic heterocycles. The average molecular weight is 130 g/mol. The van der Waals surface area contributed by atoms with E-state index in [-0.39, 0.29) is 12.6 Å². The highest BCUT2D eigenvalue weighted by Gasteiger charge is 1.99. The first-order chi connectivity index (χ1) is 4.31. The SMILES string of the molecule is CCCCC(N)CN=O. The van der Waals surface area contributed by atoms with Gasteiger partial charge in [-0.2, -0.15) is 4.91 Å². The highest BCUT2D eigenvalue weighted by molar-refractivity contribution is 4.62. The second-order valence-electron chi connectivity index (χ2n) is 2.21. The molecule has 0 bridgehead atoms. The maximum atomic E-state index is 9.65. The lowest BCUT2D eigenvalue weighted by atomic mass is 10.1. The molecule has 0 aliphatic rings. The fraction of sp³-hybridized carbons (Fsp3) is 1.00. The zero-order valence-corrected chi connectivity index (χ0v) is 5.84. The van der Waals surface area contributed by atoms with Gasteiger partial charge in [-0.25, -0.2) is 0 Å². The largest absolute Gasteiger partial charge is 0.326 e. The molecule has 0 fully saturated rings. The van der Waals surface area contributed by atoms with Gasteiger partial charge in [0.05, 0.1) is 6.54 Å². The van der Waals surface area contributed by atoms with Crippen molar-refractivity contribution in [2.75, 3.05) is 6.54 Å². The molecule has 0 spiro atoms. The van der Waals surface area contributed by atoms with E-state index in [0.29, 0.717) is 0 Å². The van der Waals surface area contributed by atoms with Crippen molar-refractivity contribution in [3.05, 3.63) is 4.91 Å². The summed E-state index contributed by atoms with van der Waals surface area (Å²) >= 11 is 0. The van der Waals surface area contributed by atoms with Gasteiger partial charge < -0.3 is 5.73 Å². The van der Waals surface area contributed by atoms with Crippen LogP contribution in [-0.4, -0.2) is 12.6 Å². The Morgan fingerprint density at radius 2 is 2.33 bits per heavy atom. The molecule has 0 heterocycles. The standard InChI is InChI=1S/C6H14N2O/c1-2-3-4-6(7)5-8-9/h6H,2-5,7H2,1H3. The van der Waals surface area contributed by atoms with Gasteiger partial charge >= 0.3 is 0 Å². The number of hydrogen-bond acceptors (Lipinski definition) is 3. The molecule has 0 radical (unpaired) electrons. The molecule has 0 rings (SSSR count). The molecule has 1 unspecified atom stereocenters. The zero-order chi connectivity index (χ0) is 7.11. The van der Waals surface area contributed by atoms with Crippen LogP contribution in [0.3, 0.4) is 0 Å². The topological polar surface area (TPSA) is 55.4 Å². The minimum absolute atomic E-state index is 0.0116. The summed E-state index contributed by atoms with van der Waals surface area (Å²) in [5.74, 6) is 0. The van der Waals surface area contributed by atoms with Crippen molar-refractivity contribution >= 4 is 0 Å². The highest BCUT2D eigenvalue weighted by Crippen LogP contribution is 1.97. The van der Waals surface area contributed by atoms with Gasteiger partial charge in [0.25, 0.3) is 0 Å². The lowest BCUT2D eigenvalue weighted by molar-refractivity contribution is 0.584. The van der Waals surface area contributed by atoms with Gasteiger partial charge in [0.15, 0.2) is 0 Å². The number of nitrogens with two attached hydrogens (primary N) is 1. The van der Waals surface area contributed by atoms with E-state index in [1.165, 1.54) is 0 Å². The van der Waals surface area contributed by atoms with Gasteiger partial charge in [0.2, 0.25) is 0 Å². The van der Waals surface area contributed by atoms with E-state index in [0.717, 1.165) is 19.3 Å². The Bertz CT molecular complexity index is 75.5. The Morgan fingerprint density at radius 1 is 1.67 bits per heavy atom. The maximum absolute atomic E-state index is 9.65. The molecule has 0 aromatic heterocycles. The molecule has 0 saturated heterocycles. The van der Waals surface area contributed by atoms with E-state index in [4.69, 9.17) is 5.73 Å². The first-order valence-corrected chi connectivity index (χ1v) is 3.36. The molecule has 3 nitrogen and oxygen atoms in total. The van der Waals surface area contributed by atoms with Crippen LogP contribution in [0.5, 0.6) is 0 Å². The predicted octanol–water partition coefficient (Wildman–Crippen LogP) is 1.27. The second kappa shape index (κ2) is 5.69. The molecule has 0 amide bonds. The van der Waals surface area contributed by atoms with Crippen LogP contribution in [0.25, 0.3) is 0 Å². The third kappa shape index (κ3) is 5.43. The minimum atomic E-state index is -0.0116. The van der Waals surface area contributed by atoms with E-state index < -0.39 is 0 Å². The average Bonchev–Trinajstić information content (AvgIpc) is 1.85. The molecule has 0 aliphatic carbocycles. The van der Waals surface area contributed by atoms with Crippen LogP contribution in [0.2, 0.25) is 0 Å². The van der Waals surface area contributed by atoms with E-state index in [1.54, 1.807) is 0 Å². The van der Waals surface area contributed by atoms with Crippen LogP contribution in [-0.2, 0) is 0 Å². The summed E-state index contributed by atoms with van der Waals surface area (Å²) in [5.41, 5.74) is 5.48. The normalized spacial score (nSPS) is 13.1. The third-order valence-electron chi connectivity index (χ3n) is 1.24. The Morgan fingerprint density at radius 3 is 2.78 bits per heavy atom. The van der Waals surface area contributed by atoms with Gasteiger partial charge in [-0.3, -0.25) is 0 Å². The van der Waals surface area contributed by atoms with Crippen LogP contribution < -0.4 is 5.73 Å². The number of nitrogens with zero attached hydrogens (tertiary/aromatic N) is 1. The lowest BCUT2D eigenvalue weighted by Gasteiger charge is -2.03. The van der Waals surface area contributed by atoms with Crippen LogP contribution in [0.4, 0.5) is 0 Å². The maximum Gasteiger partial charge on any atom is 0.0962 e. The van der Waals surface area contributed by atoms with Crippen molar-refractivity contribution in [1.82, 2.24) is 0 Å². The highest BCUT2D eigenvalue weighted by atomic mass is 16.3. The second-order valence-corrected chi connectivity index (χ2v) is 2.21. The third-order valence-corrected chi connectivity index (χ3v) is 1.24. The van der Waals surface area contributed by atoms with E-state index in [9.17, 15) is 4.91 Å². The zero-order valence-electron chi connectivity index (χ0n) is 5.84. The quantitative estimate of drug-likeness (QED) is 0.570. The smallest absolute Gasteiger partial charge is 0.0962 e. The van der Waals surface area contributed by atoms with Gasteiger partial charge in [-0.05, 0) is 6.42 Å². The predicted molar refractivity (Wildman–Crippen MR) is 38.2 cm³/mol. The summed E-state index contributed by atoms with van der Waals surface area (Å²) in [4.78, 5) is 9.65. The van der Waals surface area contributed by atoms with Gasteiger partial charge in [-0.15, -0.1) is 0 Å². The minimum Gasteiger partial charge on any atom is -0.326 e. The fourth-order valence-electron chi connectivity index (χ4n) is 0.653. The number of hydrogen-bond donors (Lipinski definition) is 1. The van der Waals surface area contributed by atoms with Crippen LogP contribution in [0, 0.1) is 4.91 Å². The van der Waals surface area contributed by atoms with Crippen LogP contribution >= 0.6 is 0 Å². The first-order valence-electron chi connectivity index (χ1n) is 3.36. The molecule has 0 aromatic carbocycles. The van der Waals surface area contributed by atoms with Gasteiger partial charge in [-0.1, -0.05) is 24.9 Å². The van der Waals surface area contributed by atoms with Crippen molar-refractivity contribution in [2.24, 2.45) is 10.9 Å². The Hall–Kier alpha value is -0.440. The summed E-state index contributed by atoms with van der Waals surface area (Å²) in [5, 5.41) is 2.71. The van der Waals surface area contributed by atoms with Crippen LogP contribution in [0.15, 0.2) is 5.18 Å². The first kappa shape index (κ1) is 8.56. The molecule has 3 heteroatoms. The van der Waals surface area contributed by atoms with Gasteiger partial charge in [0, 0.05) is 6.04 Å². The molecular formula is C6H14N2O. The number of unbranched alkanes of at least 4 members (excludes halogenated alkanes) is 1. The Kier molecular flexibility index (Phi) is 5.41. The van der Waals surface area contributed by atoms with Crippen molar-refractivity contribution in [1.29, 1.82) is 0 Å². The van der Waals surface area contributed by atoms with Crippen molar-refractivity contribution < 1.29 is 0 Å². The lowest BCUT2D eigenvalue weighted by Crippen LogP contribution is -2.22. The molecule has 2 N–H and O–H groups in total. The molecule has 1 atom stereocenters. The molecular weight excluding hydrogens is 116 g/mol.